The van der Waals surface area contributed by atoms with Crippen molar-refractivity contribution in [3.8, 4) is 0 Å². The minimum absolute atomic E-state index is 0. The van der Waals surface area contributed by atoms with Crippen molar-refractivity contribution in [2.45, 2.75) is 105 Å². The number of rotatable bonds is 12. The molecule has 0 bridgehead atoms. The molecule has 6 aliphatic rings. The number of H-pyrrole nitrogens is 2. The predicted octanol–water partition coefficient (Wildman–Crippen LogP) is -11.4. The number of ether oxygens (including phenoxy) is 4. The normalized spacial score (nSPS) is 28.9. The van der Waals surface area contributed by atoms with Crippen molar-refractivity contribution in [1.29, 1.82) is 0 Å². The SMILES string of the molecule is C.COCC(O)C(O)C1=NC2C(=O)NC(N)=NC2NC1.COCC1OC(n2cnc3c(=O)[nH]c(N)nc32)C(O)C1O.NC1=NC2NCC(C(O)C(O)CO)=NC2C(=O)N1.Nc1nc2c(ncn2C2OC(CO)C(O)C2O)c(=O)[nH]1.P.[3H]N. The van der Waals surface area contributed by atoms with Crippen LogP contribution >= 0.6 is 9.90 Å². The summed E-state index contributed by atoms with van der Waals surface area (Å²) in [4.78, 5) is 83.2. The van der Waals surface area contributed by atoms with Crippen LogP contribution in [0.15, 0.2) is 42.2 Å². The van der Waals surface area contributed by atoms with E-state index >= 15 is 0 Å². The lowest BCUT2D eigenvalue weighted by atomic mass is 10.0. The number of anilines is 2. The maximum atomic E-state index is 11.7. The number of carbonyl (C=O) groups is 2. The van der Waals surface area contributed by atoms with Crippen LogP contribution in [0.5, 0.6) is 0 Å². The third kappa shape index (κ3) is 14.7. The molecule has 0 aliphatic carbocycles. The number of hydrogen-bond acceptors (Lipinski definition) is 33. The number of nitrogens with two attached hydrogens (primary N) is 4. The van der Waals surface area contributed by atoms with Gasteiger partial charge in [0.05, 0.1) is 50.5 Å². The lowest BCUT2D eigenvalue weighted by Crippen LogP contribution is -2.60. The summed E-state index contributed by atoms with van der Waals surface area (Å²) in [5.74, 6) is -0.939. The average Bonchev–Trinajstić information content (AvgIpc) is 4.40. The number of aliphatic hydroxyl groups excluding tert-OH is 10. The summed E-state index contributed by atoms with van der Waals surface area (Å²) >= 11 is 0. The van der Waals surface area contributed by atoms with Crippen LogP contribution in [0.25, 0.3) is 22.3 Å². The molecule has 4 aromatic rings. The van der Waals surface area contributed by atoms with E-state index in [1.54, 1.807) is 0 Å². The molecule has 2 fully saturated rings. The summed E-state index contributed by atoms with van der Waals surface area (Å²) in [6.45, 7) is -0.567. The number of amides is 2. The summed E-state index contributed by atoms with van der Waals surface area (Å²) < 4.78 is 28.5. The Hall–Kier alpha value is -6.73. The molecule has 27 N–H and O–H groups in total. The number of aromatic nitrogens is 8. The first-order valence-electron chi connectivity index (χ1n) is 24.0. The molecule has 6 aliphatic heterocycles. The Bertz CT molecular complexity index is 3040. The van der Waals surface area contributed by atoms with E-state index < -0.39 is 134 Å². The predicted molar refractivity (Wildman–Crippen MR) is 287 cm³/mol. The van der Waals surface area contributed by atoms with Gasteiger partial charge in [0.25, 0.3) is 22.9 Å². The Morgan fingerprint density at radius 2 is 1.10 bits per heavy atom. The first-order valence-corrected chi connectivity index (χ1v) is 23.4. The summed E-state index contributed by atoms with van der Waals surface area (Å²) in [6.07, 6.45) is -8.14. The number of methoxy groups -OCH3 is 2. The number of imidazole rings is 2. The van der Waals surface area contributed by atoms with Crippen LogP contribution in [0.4, 0.5) is 11.9 Å². The first kappa shape index (κ1) is 65.1. The monoisotopic (exact) mass is 1180 g/mol. The molecule has 40 heteroatoms. The van der Waals surface area contributed by atoms with Gasteiger partial charge in [0.15, 0.2) is 58.8 Å². The Morgan fingerprint density at radius 3 is 1.49 bits per heavy atom. The number of aliphatic hydroxyl groups is 10. The van der Waals surface area contributed by atoms with E-state index in [-0.39, 0.29) is 101 Å². The zero-order chi connectivity index (χ0) is 58.9. The van der Waals surface area contributed by atoms with E-state index in [2.05, 4.69) is 77.3 Å². The molecular weight excluding hydrogens is 1110 g/mol. The number of hydrogen-bond donors (Lipinski definition) is 21. The molecule has 17 atom stereocenters. The Kier molecular flexibility index (Phi) is 23.1. The molecule has 17 unspecified atom stereocenters. The van der Waals surface area contributed by atoms with Gasteiger partial charge in [-0.2, -0.15) is 19.9 Å². The van der Waals surface area contributed by atoms with Gasteiger partial charge in [0, 0.05) is 27.3 Å². The molecule has 0 saturated carbocycles. The number of nitrogens with zero attached hydrogens (tertiary/aromatic N) is 10. The van der Waals surface area contributed by atoms with Crippen molar-refractivity contribution in [2.24, 2.45) is 31.4 Å². The van der Waals surface area contributed by atoms with Crippen molar-refractivity contribution in [3.63, 3.8) is 0 Å². The smallest absolute Gasteiger partial charge is 0.280 e. The summed E-state index contributed by atoms with van der Waals surface area (Å²) in [5, 5.41) is 107. The second-order valence-corrected chi connectivity index (χ2v) is 17.7. The van der Waals surface area contributed by atoms with Crippen molar-refractivity contribution < 1.29 is 81.0 Å². The molecule has 10 heterocycles. The second-order valence-electron chi connectivity index (χ2n) is 17.7. The molecule has 0 radical (unpaired) electrons. The van der Waals surface area contributed by atoms with Crippen LogP contribution in [-0.4, -0.2) is 264 Å². The van der Waals surface area contributed by atoms with Gasteiger partial charge in [-0.25, -0.2) is 20.0 Å². The average molecular weight is 1180 g/mol. The maximum absolute atomic E-state index is 11.7. The molecular formula is C41H70N21O18P. The minimum atomic E-state index is -1.33. The van der Waals surface area contributed by atoms with E-state index in [9.17, 15) is 60.0 Å². The van der Waals surface area contributed by atoms with Crippen LogP contribution in [0.1, 0.15) is 19.9 Å². The fourth-order valence-corrected chi connectivity index (χ4v) is 8.43. The van der Waals surface area contributed by atoms with Crippen LogP contribution in [0, 0.1) is 0 Å². The van der Waals surface area contributed by atoms with Gasteiger partial charge in [-0.1, -0.05) is 7.43 Å². The number of fused-ring (bicyclic) bond motifs is 4. The summed E-state index contributed by atoms with van der Waals surface area (Å²) in [5.41, 5.74) is 21.7. The third-order valence-corrected chi connectivity index (χ3v) is 12.4. The molecule has 10 rings (SSSR count). The number of nitrogen functional groups attached to an aromatic ring is 2. The van der Waals surface area contributed by atoms with Crippen molar-refractivity contribution in [3.05, 3.63) is 33.4 Å². The van der Waals surface area contributed by atoms with E-state index in [4.69, 9.17) is 53.5 Å². The highest BCUT2D eigenvalue weighted by molar-refractivity contribution is 6.92. The molecule has 2 saturated heterocycles. The Morgan fingerprint density at radius 1 is 0.679 bits per heavy atom. The summed E-state index contributed by atoms with van der Waals surface area (Å²) in [6, 6.07) is -1.62. The van der Waals surface area contributed by atoms with Crippen molar-refractivity contribution >= 4 is 79.3 Å². The fraction of sp³-hybridized carbons (Fsp3) is 0.610. The minimum Gasteiger partial charge on any atom is -0.394 e. The molecule has 0 spiro atoms. The van der Waals surface area contributed by atoms with E-state index in [1.807, 2.05) is 0 Å². The quantitative estimate of drug-likeness (QED) is 0.0586. The van der Waals surface area contributed by atoms with Gasteiger partial charge in [0.2, 0.25) is 11.9 Å². The number of nitrogens with one attached hydrogen (secondary N) is 6. The number of guanidine groups is 2. The molecule has 4 aromatic heterocycles. The van der Waals surface area contributed by atoms with Crippen molar-refractivity contribution in [1.82, 2.24) is 66.4 Å². The maximum Gasteiger partial charge on any atom is 0.280 e. The molecule has 2 amide bonds. The molecule has 81 heavy (non-hydrogen) atoms. The van der Waals surface area contributed by atoms with Gasteiger partial charge in [-0.15, -0.1) is 0 Å². The van der Waals surface area contributed by atoms with Crippen LogP contribution in [0.3, 0.4) is 0 Å². The van der Waals surface area contributed by atoms with Crippen molar-refractivity contribution in [2.75, 3.05) is 65.2 Å². The Balaban J connectivity index is 0.000000231. The van der Waals surface area contributed by atoms with Gasteiger partial charge < -0.3 is 99.1 Å². The fourth-order valence-electron chi connectivity index (χ4n) is 8.43. The van der Waals surface area contributed by atoms with E-state index in [0.717, 1.165) is 0 Å². The number of carbonyl (C=O) groups excluding carboxylic acids is 2. The zero-order valence-electron chi connectivity index (χ0n) is 43.4. The molecule has 39 nitrogen and oxygen atoms in total. The Labute approximate surface area is 461 Å². The lowest BCUT2D eigenvalue weighted by molar-refractivity contribution is -0.122. The largest absolute Gasteiger partial charge is 0.394 e. The van der Waals surface area contributed by atoms with Crippen LogP contribution < -0.4 is 61.5 Å². The highest BCUT2D eigenvalue weighted by Gasteiger charge is 2.46. The topological polar surface area (TPSA) is 637 Å². The van der Waals surface area contributed by atoms with Gasteiger partial charge in [-0.3, -0.25) is 69.5 Å². The highest BCUT2D eigenvalue weighted by Crippen LogP contribution is 2.32. The first-order chi connectivity index (χ1) is 38.1. The third-order valence-electron chi connectivity index (χ3n) is 12.4. The number of aromatic amines is 2. The second kappa shape index (κ2) is 28.8. The van der Waals surface area contributed by atoms with E-state index in [1.165, 1.54) is 36.0 Å². The highest BCUT2D eigenvalue weighted by atomic mass is 31.0. The molecule has 452 valence electrons. The zero-order valence-corrected chi connectivity index (χ0v) is 43.9. The van der Waals surface area contributed by atoms with Gasteiger partial charge in [0.1, 0.15) is 74.8 Å². The molecule has 0 aromatic carbocycles. The summed E-state index contributed by atoms with van der Waals surface area (Å²) in [7, 11) is 2.88. The standard InChI is InChI=1S/C11H15N5O5.C10H13N5O5.C10H17N5O4.C9H15N5O4.CH4.H3N.H3P/c1-20-2-4-6(17)7(18)10(21-4)16-3-13-5-8(16)14-11(12)15-9(5)19;11-10-13-7-4(8(19)14-10)12-2-15(7)9-6(18)5(17)3(1-16)20-9;1-19-3-5(16)7(17)4-2-12-8-6(13-4)9(18)15-10(11)14-8;10-9-13-7-5(8(18)14-9)12-3(1-11-7)6(17)4(16)2-15;;;/h3-4,6-7,10,17-18H,2H2,1H3,(H3,12,14,15,19);2-3,5-6,9,16-18H,1H2,(H3,11,13,14,19);5-8,12,16-17H,2-3H2,1H3,(H3,11,14,15,18);4-7,11,15-17H,1-2H2,(H3,10,13,14,18);1H4;2*1H3/i/hT. The van der Waals surface area contributed by atoms with Crippen LogP contribution in [-0.2, 0) is 28.5 Å². The van der Waals surface area contributed by atoms with Crippen LogP contribution in [0.2, 0.25) is 1.41 Å². The van der Waals surface area contributed by atoms with Gasteiger partial charge in [-0.05, 0) is 0 Å². The van der Waals surface area contributed by atoms with E-state index in [0.29, 0.717) is 0 Å². The number of aliphatic imine (C=N–C) groups is 4. The van der Waals surface area contributed by atoms with Gasteiger partial charge >= 0.3 is 0 Å². The lowest BCUT2D eigenvalue weighted by Gasteiger charge is -2.32.